The van der Waals surface area contributed by atoms with Gasteiger partial charge in [0.1, 0.15) is 11.5 Å². The van der Waals surface area contributed by atoms with Crippen LogP contribution in [0, 0.1) is 6.92 Å². The van der Waals surface area contributed by atoms with E-state index in [1.165, 1.54) is 0 Å². The molecular formula is C10H12N4O. The lowest BCUT2D eigenvalue weighted by molar-refractivity contribution is 0.102. The van der Waals surface area contributed by atoms with Crippen LogP contribution in [0.25, 0.3) is 0 Å². The lowest BCUT2D eigenvalue weighted by atomic mass is 9.98. The summed E-state index contributed by atoms with van der Waals surface area (Å²) in [4.78, 5) is 16.1. The molecule has 1 aliphatic heterocycles. The lowest BCUT2D eigenvalue weighted by Crippen LogP contribution is -2.36. The van der Waals surface area contributed by atoms with Crippen LogP contribution < -0.4 is 11.1 Å². The normalized spacial score (nSPS) is 23.7. The van der Waals surface area contributed by atoms with Gasteiger partial charge in [-0.25, -0.2) is 4.98 Å². The largest absolute Gasteiger partial charge is 0.396 e. The number of nitrogens with zero attached hydrogens (tertiary/aromatic N) is 2. The van der Waals surface area contributed by atoms with Gasteiger partial charge in [-0.3, -0.25) is 4.79 Å². The zero-order valence-electron chi connectivity index (χ0n) is 8.45. The van der Waals surface area contributed by atoms with E-state index in [4.69, 9.17) is 5.73 Å². The predicted molar refractivity (Wildman–Crippen MR) is 54.3 cm³/mol. The molecule has 78 valence electrons. The first-order chi connectivity index (χ1) is 7.18. The van der Waals surface area contributed by atoms with Crippen molar-refractivity contribution in [3.8, 4) is 0 Å². The Morgan fingerprint density at radius 2 is 2.47 bits per heavy atom. The van der Waals surface area contributed by atoms with Crippen molar-refractivity contribution in [1.29, 1.82) is 0 Å². The fourth-order valence-electron chi connectivity index (χ4n) is 2.30. The summed E-state index contributed by atoms with van der Waals surface area (Å²) < 4.78 is 2.09. The van der Waals surface area contributed by atoms with Gasteiger partial charge in [0.25, 0.3) is 0 Å². The van der Waals surface area contributed by atoms with Crippen LogP contribution in [0.4, 0.5) is 0 Å². The predicted octanol–water partition coefficient (Wildman–Crippen LogP) is -0.125. The number of aryl methyl sites for hydroxylation is 1. The molecule has 1 unspecified atom stereocenters. The van der Waals surface area contributed by atoms with Crippen molar-refractivity contribution in [3.05, 3.63) is 29.0 Å². The van der Waals surface area contributed by atoms with Crippen LogP contribution in [0.2, 0.25) is 0 Å². The number of hydrogen-bond acceptors (Lipinski definition) is 4. The van der Waals surface area contributed by atoms with Crippen molar-refractivity contribution < 1.29 is 4.79 Å². The number of hydrogen-bond donors (Lipinski definition) is 2. The third kappa shape index (κ3) is 1.01. The first-order valence-electron chi connectivity index (χ1n) is 5.01. The van der Waals surface area contributed by atoms with Crippen LogP contribution in [0.15, 0.2) is 11.8 Å². The van der Waals surface area contributed by atoms with Crippen molar-refractivity contribution in [1.82, 2.24) is 14.9 Å². The Morgan fingerprint density at radius 3 is 3.27 bits per heavy atom. The molecule has 0 saturated carbocycles. The molecule has 0 saturated heterocycles. The molecule has 0 aromatic carbocycles. The van der Waals surface area contributed by atoms with Crippen LogP contribution in [0.1, 0.15) is 28.0 Å². The first-order valence-corrected chi connectivity index (χ1v) is 5.01. The standard InChI is InChI=1S/C10H12N4O/c1-5-13-8-9-7(4-6(11)10(8)15)12-2-3-14(5)9/h4,7,12H,2-3,11H2,1H3. The number of nitrogens with one attached hydrogen (secondary N) is 1. The molecule has 1 aromatic rings. The maximum absolute atomic E-state index is 11.8. The molecule has 0 amide bonds. The molecule has 2 heterocycles. The molecule has 0 bridgehead atoms. The van der Waals surface area contributed by atoms with Crippen LogP contribution in [0.5, 0.6) is 0 Å². The third-order valence-corrected chi connectivity index (χ3v) is 3.02. The fraction of sp³-hybridized carbons (Fsp3) is 0.400. The zero-order valence-corrected chi connectivity index (χ0v) is 8.45. The Morgan fingerprint density at radius 1 is 1.67 bits per heavy atom. The number of rotatable bonds is 0. The van der Waals surface area contributed by atoms with Crippen LogP contribution in [-0.2, 0) is 6.54 Å². The average Bonchev–Trinajstić information content (AvgIpc) is 2.55. The SMILES string of the molecule is Cc1nc2c3n1CCNC3C=C(N)C2=O. The summed E-state index contributed by atoms with van der Waals surface area (Å²) in [6.07, 6.45) is 1.78. The van der Waals surface area contributed by atoms with E-state index in [-0.39, 0.29) is 11.8 Å². The van der Waals surface area contributed by atoms with Gasteiger partial charge in [-0.1, -0.05) is 0 Å². The molecule has 3 N–H and O–H groups in total. The van der Waals surface area contributed by atoms with E-state index >= 15 is 0 Å². The second-order valence-electron chi connectivity index (χ2n) is 3.93. The van der Waals surface area contributed by atoms with Gasteiger partial charge in [0.2, 0.25) is 5.78 Å². The van der Waals surface area contributed by atoms with Gasteiger partial charge in [-0.2, -0.15) is 0 Å². The molecule has 2 aliphatic rings. The van der Waals surface area contributed by atoms with Gasteiger partial charge >= 0.3 is 0 Å². The van der Waals surface area contributed by atoms with Gasteiger partial charge in [0.15, 0.2) is 0 Å². The number of allylic oxidation sites excluding steroid dienone is 1. The van der Waals surface area contributed by atoms with E-state index < -0.39 is 0 Å². The van der Waals surface area contributed by atoms with Crippen molar-refractivity contribution >= 4 is 5.78 Å². The molecule has 0 radical (unpaired) electrons. The van der Waals surface area contributed by atoms with Crippen molar-refractivity contribution in [2.24, 2.45) is 5.73 Å². The Hall–Kier alpha value is -1.62. The highest BCUT2D eigenvalue weighted by atomic mass is 16.1. The van der Waals surface area contributed by atoms with Crippen LogP contribution in [0.3, 0.4) is 0 Å². The molecule has 5 heteroatoms. The highest BCUT2D eigenvalue weighted by Gasteiger charge is 2.33. The van der Waals surface area contributed by atoms with E-state index in [1.807, 2.05) is 6.92 Å². The summed E-state index contributed by atoms with van der Waals surface area (Å²) in [7, 11) is 0. The third-order valence-electron chi connectivity index (χ3n) is 3.02. The number of carbonyl (C=O) groups is 1. The van der Waals surface area contributed by atoms with Crippen molar-refractivity contribution in [2.45, 2.75) is 19.5 Å². The maximum Gasteiger partial charge on any atom is 0.228 e. The summed E-state index contributed by atoms with van der Waals surface area (Å²) in [5.41, 5.74) is 7.45. The molecule has 5 nitrogen and oxygen atoms in total. The van der Waals surface area contributed by atoms with Crippen LogP contribution in [-0.4, -0.2) is 21.9 Å². The molecule has 15 heavy (non-hydrogen) atoms. The van der Waals surface area contributed by atoms with E-state index in [1.54, 1.807) is 6.08 Å². The number of nitrogens with two attached hydrogens (primary N) is 1. The summed E-state index contributed by atoms with van der Waals surface area (Å²) in [5, 5.41) is 3.31. The monoisotopic (exact) mass is 204 g/mol. The van der Waals surface area contributed by atoms with Gasteiger partial charge in [-0.15, -0.1) is 0 Å². The Kier molecular flexibility index (Phi) is 1.56. The minimum absolute atomic E-state index is 0.0487. The summed E-state index contributed by atoms with van der Waals surface area (Å²) in [6.45, 7) is 3.67. The topological polar surface area (TPSA) is 72.9 Å². The summed E-state index contributed by atoms with van der Waals surface area (Å²) in [5.74, 6) is 0.745. The number of imidazole rings is 1. The highest BCUT2D eigenvalue weighted by molar-refractivity contribution is 6.09. The molecular weight excluding hydrogens is 192 g/mol. The molecule has 0 fully saturated rings. The van der Waals surface area contributed by atoms with E-state index in [0.717, 1.165) is 24.6 Å². The number of aromatic nitrogens is 2. The fourth-order valence-corrected chi connectivity index (χ4v) is 2.30. The van der Waals surface area contributed by atoms with Gasteiger partial charge in [-0.05, 0) is 13.0 Å². The van der Waals surface area contributed by atoms with E-state index in [0.29, 0.717) is 11.4 Å². The lowest BCUT2D eigenvalue weighted by Gasteiger charge is -2.27. The first kappa shape index (κ1) is 8.67. The molecule has 1 aliphatic carbocycles. The molecule has 1 aromatic heterocycles. The zero-order chi connectivity index (χ0) is 10.6. The van der Waals surface area contributed by atoms with E-state index in [9.17, 15) is 4.79 Å². The Bertz CT molecular complexity index is 486. The highest BCUT2D eigenvalue weighted by Crippen LogP contribution is 2.29. The second-order valence-corrected chi connectivity index (χ2v) is 3.93. The summed E-state index contributed by atoms with van der Waals surface area (Å²) >= 11 is 0. The summed E-state index contributed by atoms with van der Waals surface area (Å²) in [6, 6.07) is 0.0487. The Labute approximate surface area is 87.0 Å². The van der Waals surface area contributed by atoms with Gasteiger partial charge < -0.3 is 15.6 Å². The Balaban J connectivity index is 2.28. The van der Waals surface area contributed by atoms with Crippen molar-refractivity contribution in [3.63, 3.8) is 0 Å². The van der Waals surface area contributed by atoms with Crippen molar-refractivity contribution in [2.75, 3.05) is 6.54 Å². The number of ketones is 1. The van der Waals surface area contributed by atoms with Gasteiger partial charge in [0.05, 0.1) is 17.4 Å². The van der Waals surface area contributed by atoms with Gasteiger partial charge in [0, 0.05) is 13.1 Å². The quantitative estimate of drug-likeness (QED) is 0.617. The van der Waals surface area contributed by atoms with E-state index in [2.05, 4.69) is 14.9 Å². The number of Topliss-reactive ketones (excluding diaryl/α,β-unsaturated/α-hetero) is 1. The maximum atomic E-state index is 11.8. The molecule has 1 atom stereocenters. The smallest absolute Gasteiger partial charge is 0.228 e. The minimum Gasteiger partial charge on any atom is -0.396 e. The minimum atomic E-state index is -0.146. The average molecular weight is 204 g/mol. The van der Waals surface area contributed by atoms with Crippen LogP contribution >= 0.6 is 0 Å². The number of carbonyl (C=O) groups excluding carboxylic acids is 1. The molecule has 3 rings (SSSR count). The second kappa shape index (κ2) is 2.70. The molecule has 0 spiro atoms.